The lowest BCUT2D eigenvalue weighted by atomic mass is 10.0. The van der Waals surface area contributed by atoms with Gasteiger partial charge in [0.05, 0.1) is 36.5 Å². The van der Waals surface area contributed by atoms with Gasteiger partial charge in [-0.25, -0.2) is 9.59 Å². The number of ether oxygens (including phenoxy) is 2. The predicted octanol–water partition coefficient (Wildman–Crippen LogP) is 2.24. The zero-order chi connectivity index (χ0) is 19.6. The normalized spacial score (nSPS) is 21.3. The minimum absolute atomic E-state index is 0.0530. The number of nitrogens with zero attached hydrogens (tertiary/aromatic N) is 1. The molecule has 1 aromatic carbocycles. The van der Waals surface area contributed by atoms with Crippen molar-refractivity contribution in [2.45, 2.75) is 25.9 Å². The van der Waals surface area contributed by atoms with Crippen LogP contribution in [0.2, 0.25) is 0 Å². The second-order valence-electron chi connectivity index (χ2n) is 6.45. The topological polar surface area (TPSA) is 93.1 Å². The molecular formula is C20H21NO6. The van der Waals surface area contributed by atoms with Crippen molar-refractivity contribution in [3.05, 3.63) is 52.2 Å². The standard InChI is InChI=1S/C20H21NO6/c1-12-17(20(25)26-2)16(10-13-6-3-4-8-15(13)19(23)24)18(22)21(12)11-14-7-5-9-27-14/h3-4,6,8,10,14H,5,7,9,11H2,1-2H3,(H,23,24)/b16-10-/t14-/m0/s1. The van der Waals surface area contributed by atoms with E-state index in [4.69, 9.17) is 9.47 Å². The van der Waals surface area contributed by atoms with Gasteiger partial charge in [0.2, 0.25) is 0 Å². The molecule has 1 fully saturated rings. The van der Waals surface area contributed by atoms with Gasteiger partial charge >= 0.3 is 11.9 Å². The average Bonchev–Trinajstić information content (AvgIpc) is 3.24. The number of rotatable bonds is 5. The summed E-state index contributed by atoms with van der Waals surface area (Å²) in [5, 5.41) is 9.38. The molecular weight excluding hydrogens is 350 g/mol. The third-order valence-electron chi connectivity index (χ3n) is 4.80. The number of benzene rings is 1. The highest BCUT2D eigenvalue weighted by atomic mass is 16.5. The van der Waals surface area contributed by atoms with E-state index < -0.39 is 11.9 Å². The van der Waals surface area contributed by atoms with Crippen LogP contribution in [0.5, 0.6) is 0 Å². The molecule has 142 valence electrons. The number of carboxylic acids is 1. The van der Waals surface area contributed by atoms with Crippen molar-refractivity contribution in [1.82, 2.24) is 4.90 Å². The molecule has 0 spiro atoms. The number of carbonyl (C=O) groups excluding carboxylic acids is 2. The van der Waals surface area contributed by atoms with Crippen LogP contribution in [0.3, 0.4) is 0 Å². The minimum Gasteiger partial charge on any atom is -0.478 e. The van der Waals surface area contributed by atoms with Gasteiger partial charge in [0, 0.05) is 12.3 Å². The summed E-state index contributed by atoms with van der Waals surface area (Å²) in [5.74, 6) is -2.09. The fraction of sp³-hybridized carbons (Fsp3) is 0.350. The third-order valence-corrected chi connectivity index (χ3v) is 4.80. The Morgan fingerprint density at radius 1 is 1.37 bits per heavy atom. The minimum atomic E-state index is -1.11. The van der Waals surface area contributed by atoms with Crippen LogP contribution < -0.4 is 0 Å². The lowest BCUT2D eigenvalue weighted by molar-refractivity contribution is -0.136. The molecule has 0 aromatic heterocycles. The molecule has 0 saturated carbocycles. The smallest absolute Gasteiger partial charge is 0.340 e. The maximum absolute atomic E-state index is 13.0. The van der Waals surface area contributed by atoms with Crippen LogP contribution >= 0.6 is 0 Å². The number of hydrogen-bond donors (Lipinski definition) is 1. The SMILES string of the molecule is COC(=O)C1=C(C)N(C[C@@H]2CCCO2)C(=O)/C1=C\c1ccccc1C(=O)O. The second kappa shape index (κ2) is 7.75. The first kappa shape index (κ1) is 18.8. The Morgan fingerprint density at radius 2 is 2.11 bits per heavy atom. The largest absolute Gasteiger partial charge is 0.478 e. The van der Waals surface area contributed by atoms with Crippen LogP contribution in [0.1, 0.15) is 35.7 Å². The molecule has 2 aliphatic rings. The highest BCUT2D eigenvalue weighted by Gasteiger charge is 2.38. The highest BCUT2D eigenvalue weighted by Crippen LogP contribution is 2.33. The molecule has 0 aliphatic carbocycles. The van der Waals surface area contributed by atoms with Crippen LogP contribution in [0.15, 0.2) is 41.1 Å². The summed E-state index contributed by atoms with van der Waals surface area (Å²) in [4.78, 5) is 38.3. The molecule has 1 amide bonds. The summed E-state index contributed by atoms with van der Waals surface area (Å²) in [6.07, 6.45) is 3.16. The first-order chi connectivity index (χ1) is 12.9. The predicted molar refractivity (Wildman–Crippen MR) is 96.8 cm³/mol. The van der Waals surface area contributed by atoms with Crippen molar-refractivity contribution in [2.24, 2.45) is 0 Å². The Morgan fingerprint density at radius 3 is 2.74 bits per heavy atom. The van der Waals surface area contributed by atoms with Crippen molar-refractivity contribution in [3.63, 3.8) is 0 Å². The Kier molecular flexibility index (Phi) is 5.41. The van der Waals surface area contributed by atoms with E-state index in [1.807, 2.05) is 0 Å². The summed E-state index contributed by atoms with van der Waals surface area (Å²) in [7, 11) is 1.25. The lowest BCUT2D eigenvalue weighted by Crippen LogP contribution is -2.33. The molecule has 7 heteroatoms. The number of carboxylic acid groups (broad SMARTS) is 1. The molecule has 0 unspecified atom stereocenters. The number of aromatic carboxylic acids is 1. The van der Waals surface area contributed by atoms with Crippen LogP contribution in [0, 0.1) is 0 Å². The van der Waals surface area contributed by atoms with Gasteiger partial charge in [-0.15, -0.1) is 0 Å². The van der Waals surface area contributed by atoms with E-state index in [-0.39, 0.29) is 28.7 Å². The molecule has 2 heterocycles. The van der Waals surface area contributed by atoms with E-state index in [2.05, 4.69) is 0 Å². The number of esters is 1. The van der Waals surface area contributed by atoms with Gasteiger partial charge in [-0.1, -0.05) is 18.2 Å². The van der Waals surface area contributed by atoms with Gasteiger partial charge in [-0.2, -0.15) is 0 Å². The van der Waals surface area contributed by atoms with E-state index in [0.717, 1.165) is 12.8 Å². The van der Waals surface area contributed by atoms with Crippen molar-refractivity contribution in [2.75, 3.05) is 20.3 Å². The van der Waals surface area contributed by atoms with Gasteiger partial charge in [-0.05, 0) is 37.5 Å². The fourth-order valence-corrected chi connectivity index (χ4v) is 3.41. The second-order valence-corrected chi connectivity index (χ2v) is 6.45. The fourth-order valence-electron chi connectivity index (χ4n) is 3.41. The van der Waals surface area contributed by atoms with Gasteiger partial charge < -0.3 is 19.5 Å². The van der Waals surface area contributed by atoms with E-state index >= 15 is 0 Å². The Bertz CT molecular complexity index is 848. The van der Waals surface area contributed by atoms with Crippen LogP contribution in [-0.2, 0) is 19.1 Å². The Hall–Kier alpha value is -2.93. The molecule has 1 atom stereocenters. The van der Waals surface area contributed by atoms with E-state index in [1.165, 1.54) is 24.2 Å². The molecule has 1 N–H and O–H groups in total. The van der Waals surface area contributed by atoms with Crippen LogP contribution in [0.25, 0.3) is 6.08 Å². The Labute approximate surface area is 156 Å². The van der Waals surface area contributed by atoms with E-state index in [1.54, 1.807) is 25.1 Å². The highest BCUT2D eigenvalue weighted by molar-refractivity contribution is 6.16. The molecule has 7 nitrogen and oxygen atoms in total. The molecule has 3 rings (SSSR count). The lowest BCUT2D eigenvalue weighted by Gasteiger charge is -2.21. The molecule has 1 aromatic rings. The average molecular weight is 371 g/mol. The van der Waals surface area contributed by atoms with Crippen molar-refractivity contribution in [3.8, 4) is 0 Å². The van der Waals surface area contributed by atoms with Crippen molar-refractivity contribution in [1.29, 1.82) is 0 Å². The number of methoxy groups -OCH3 is 1. The maximum atomic E-state index is 13.0. The first-order valence-electron chi connectivity index (χ1n) is 8.71. The number of amides is 1. The van der Waals surface area contributed by atoms with Crippen molar-refractivity contribution < 1.29 is 29.0 Å². The summed E-state index contributed by atoms with van der Waals surface area (Å²) in [6, 6.07) is 6.33. The zero-order valence-electron chi connectivity index (χ0n) is 15.2. The summed E-state index contributed by atoms with van der Waals surface area (Å²) < 4.78 is 10.5. The molecule has 27 heavy (non-hydrogen) atoms. The first-order valence-corrected chi connectivity index (χ1v) is 8.71. The summed E-state index contributed by atoms with van der Waals surface area (Å²) in [5.41, 5.74) is 1.17. The zero-order valence-corrected chi connectivity index (χ0v) is 15.2. The van der Waals surface area contributed by atoms with Crippen molar-refractivity contribution >= 4 is 23.9 Å². The molecule has 1 saturated heterocycles. The van der Waals surface area contributed by atoms with E-state index in [0.29, 0.717) is 24.4 Å². The number of hydrogen-bond acceptors (Lipinski definition) is 5. The van der Waals surface area contributed by atoms with Crippen LogP contribution in [0.4, 0.5) is 0 Å². The van der Waals surface area contributed by atoms with Gasteiger partial charge in [0.25, 0.3) is 5.91 Å². The molecule has 0 radical (unpaired) electrons. The summed E-state index contributed by atoms with van der Waals surface area (Å²) in [6.45, 7) is 2.69. The monoisotopic (exact) mass is 371 g/mol. The Balaban J connectivity index is 2.04. The summed E-state index contributed by atoms with van der Waals surface area (Å²) >= 11 is 0. The quantitative estimate of drug-likeness (QED) is 0.630. The number of carbonyl (C=O) groups is 3. The molecule has 0 bridgehead atoms. The molecule has 2 aliphatic heterocycles. The van der Waals surface area contributed by atoms with Crippen LogP contribution in [-0.4, -0.2) is 54.2 Å². The van der Waals surface area contributed by atoms with Gasteiger partial charge in [0.15, 0.2) is 0 Å². The van der Waals surface area contributed by atoms with E-state index in [9.17, 15) is 19.5 Å². The maximum Gasteiger partial charge on any atom is 0.340 e. The third kappa shape index (κ3) is 3.64. The van der Waals surface area contributed by atoms with Gasteiger partial charge in [-0.3, -0.25) is 4.79 Å². The number of allylic oxidation sites excluding steroid dienone is 1. The van der Waals surface area contributed by atoms with Gasteiger partial charge in [0.1, 0.15) is 0 Å².